The van der Waals surface area contributed by atoms with Crippen LogP contribution in [0.25, 0.3) is 6.08 Å². The Morgan fingerprint density at radius 3 is 1.82 bits per heavy atom. The summed E-state index contributed by atoms with van der Waals surface area (Å²) in [5.41, 5.74) is 1.17. The molecule has 4 N–H and O–H groups in total. The van der Waals surface area contributed by atoms with Crippen molar-refractivity contribution in [3.63, 3.8) is 0 Å². The predicted molar refractivity (Wildman–Crippen MR) is 52.2 cm³/mol. The lowest BCUT2D eigenvalue weighted by Gasteiger charge is -1.85. The fourth-order valence-corrected chi connectivity index (χ4v) is 0.589. The first-order chi connectivity index (χ1) is 4.93. The highest BCUT2D eigenvalue weighted by Gasteiger charge is 1.75. The third-order valence-corrected chi connectivity index (χ3v) is 1.04. The van der Waals surface area contributed by atoms with Crippen molar-refractivity contribution in [1.82, 2.24) is 0 Å². The summed E-state index contributed by atoms with van der Waals surface area (Å²) < 4.78 is 0. The topological polar surface area (TPSA) is 52.0 Å². The van der Waals surface area contributed by atoms with E-state index in [1.165, 1.54) is 5.56 Å². The molecule has 0 fully saturated rings. The van der Waals surface area contributed by atoms with Crippen molar-refractivity contribution in [3.8, 4) is 0 Å². The largest absolute Gasteiger partial charge is 0.274 e. The van der Waals surface area contributed by atoms with Gasteiger partial charge in [0.2, 0.25) is 0 Å². The monoisotopic (exact) mass is 172 g/mol. The molecule has 0 spiro atoms. The van der Waals surface area contributed by atoms with Gasteiger partial charge in [-0.05, 0) is 5.56 Å². The first kappa shape index (κ1) is 12.8. The van der Waals surface area contributed by atoms with E-state index in [2.05, 4.69) is 18.3 Å². The molecule has 11 heavy (non-hydrogen) atoms. The maximum absolute atomic E-state index is 4.00. The maximum atomic E-state index is 4.00. The Hall–Kier alpha value is -0.830. The summed E-state index contributed by atoms with van der Waals surface area (Å²) in [4.78, 5) is 0. The Balaban J connectivity index is 0. The van der Waals surface area contributed by atoms with Crippen LogP contribution in [0.2, 0.25) is 0 Å². The van der Waals surface area contributed by atoms with E-state index in [1.807, 2.05) is 36.4 Å². The van der Waals surface area contributed by atoms with E-state index < -0.39 is 0 Å². The lowest BCUT2D eigenvalue weighted by molar-refractivity contribution is 1.26. The van der Waals surface area contributed by atoms with E-state index in [9.17, 15) is 0 Å². The second-order valence-corrected chi connectivity index (χ2v) is 1.61. The van der Waals surface area contributed by atoms with Gasteiger partial charge in [-0.1, -0.05) is 43.0 Å². The minimum absolute atomic E-state index is 0. The summed E-state index contributed by atoms with van der Waals surface area (Å²) in [5.74, 6) is 8.00. The fourth-order valence-electron chi connectivity index (χ4n) is 0.589. The normalized spacial score (nSPS) is 6.73. The molecule has 0 aliphatic heterocycles. The zero-order chi connectivity index (χ0) is 7.82. The van der Waals surface area contributed by atoms with Crippen molar-refractivity contribution in [3.05, 3.63) is 42.5 Å². The van der Waals surface area contributed by atoms with Crippen molar-refractivity contribution < 1.29 is 0 Å². The van der Waals surface area contributed by atoms with E-state index in [4.69, 9.17) is 0 Å². The van der Waals surface area contributed by atoms with Crippen LogP contribution < -0.4 is 11.7 Å². The van der Waals surface area contributed by atoms with Gasteiger partial charge >= 0.3 is 0 Å². The van der Waals surface area contributed by atoms with E-state index >= 15 is 0 Å². The van der Waals surface area contributed by atoms with Crippen LogP contribution in [0.4, 0.5) is 0 Å². The Morgan fingerprint density at radius 2 is 1.55 bits per heavy atom. The van der Waals surface area contributed by atoms with Gasteiger partial charge in [0.25, 0.3) is 0 Å². The van der Waals surface area contributed by atoms with Gasteiger partial charge in [0.15, 0.2) is 0 Å². The first-order valence-corrected chi connectivity index (χ1v) is 2.94. The minimum atomic E-state index is 0. The molecule has 1 aromatic carbocycles. The van der Waals surface area contributed by atoms with Crippen molar-refractivity contribution in [1.29, 1.82) is 0 Å². The smallest absolute Gasteiger partial charge is 0.0263 e. The van der Waals surface area contributed by atoms with E-state index in [1.54, 1.807) is 0 Å². The number of rotatable bonds is 1. The molecule has 0 atom stereocenters. The van der Waals surface area contributed by atoms with E-state index in [-0.39, 0.29) is 12.4 Å². The second kappa shape index (κ2) is 9.17. The van der Waals surface area contributed by atoms with Gasteiger partial charge in [0, 0.05) is 0 Å². The fraction of sp³-hybridized carbons (Fsp3) is 0. The molecule has 0 aliphatic carbocycles. The molecule has 0 bridgehead atoms. The van der Waals surface area contributed by atoms with Crippen LogP contribution in [-0.4, -0.2) is 0 Å². The minimum Gasteiger partial charge on any atom is -0.274 e. The van der Waals surface area contributed by atoms with Crippen LogP contribution in [0.5, 0.6) is 0 Å². The van der Waals surface area contributed by atoms with Crippen LogP contribution in [0.15, 0.2) is 36.9 Å². The first-order valence-electron chi connectivity index (χ1n) is 2.94. The highest BCUT2D eigenvalue weighted by atomic mass is 35.5. The van der Waals surface area contributed by atoms with E-state index in [0.29, 0.717) is 0 Å². The van der Waals surface area contributed by atoms with Crippen LogP contribution >= 0.6 is 12.4 Å². The number of nitrogens with two attached hydrogens (primary N) is 2. The Kier molecular flexibility index (Phi) is 10.7. The standard InChI is InChI=1S/C8H8.ClH.H4N2/c1-2-8-6-4-3-5-7-8;;1-2/h2-7H,1H2;1H;1-2H2. The zero-order valence-corrected chi connectivity index (χ0v) is 7.05. The molecule has 2 nitrogen and oxygen atoms in total. The number of hydrogen-bond acceptors (Lipinski definition) is 2. The highest BCUT2D eigenvalue weighted by molar-refractivity contribution is 5.85. The van der Waals surface area contributed by atoms with Gasteiger partial charge in [-0.2, -0.15) is 0 Å². The number of benzene rings is 1. The molecule has 0 heterocycles. The van der Waals surface area contributed by atoms with Gasteiger partial charge in [-0.25, -0.2) is 0 Å². The van der Waals surface area contributed by atoms with Crippen molar-refractivity contribution in [2.45, 2.75) is 0 Å². The lowest BCUT2D eigenvalue weighted by Crippen LogP contribution is -2.02. The summed E-state index contributed by atoms with van der Waals surface area (Å²) in [6.45, 7) is 3.63. The van der Waals surface area contributed by atoms with Crippen molar-refractivity contribution in [2.75, 3.05) is 0 Å². The second-order valence-electron chi connectivity index (χ2n) is 1.61. The molecule has 0 aliphatic rings. The maximum Gasteiger partial charge on any atom is -0.0263 e. The number of halogens is 1. The van der Waals surface area contributed by atoms with Gasteiger partial charge in [-0.15, -0.1) is 12.4 Å². The predicted octanol–water partition coefficient (Wildman–Crippen LogP) is 1.57. The van der Waals surface area contributed by atoms with Crippen LogP contribution in [0.3, 0.4) is 0 Å². The molecule has 62 valence electrons. The Morgan fingerprint density at radius 1 is 1.09 bits per heavy atom. The molecule has 1 rings (SSSR count). The molecule has 0 radical (unpaired) electrons. The summed E-state index contributed by atoms with van der Waals surface area (Å²) in [6, 6.07) is 10.0. The number of hydrazine groups is 1. The highest BCUT2D eigenvalue weighted by Crippen LogP contribution is 1.97. The zero-order valence-electron chi connectivity index (χ0n) is 6.23. The van der Waals surface area contributed by atoms with Gasteiger partial charge in [0.1, 0.15) is 0 Å². The average Bonchev–Trinajstić information content (AvgIpc) is 2.10. The molecule has 0 saturated heterocycles. The third kappa shape index (κ3) is 5.61. The van der Waals surface area contributed by atoms with E-state index in [0.717, 1.165) is 0 Å². The summed E-state index contributed by atoms with van der Waals surface area (Å²) in [6.07, 6.45) is 1.83. The lowest BCUT2D eigenvalue weighted by atomic mass is 10.2. The average molecular weight is 173 g/mol. The Bertz CT molecular complexity index is 175. The summed E-state index contributed by atoms with van der Waals surface area (Å²) in [7, 11) is 0. The van der Waals surface area contributed by atoms with Crippen LogP contribution in [0.1, 0.15) is 5.56 Å². The van der Waals surface area contributed by atoms with Gasteiger partial charge in [0.05, 0.1) is 0 Å². The van der Waals surface area contributed by atoms with Gasteiger partial charge in [-0.3, -0.25) is 11.7 Å². The Labute approximate surface area is 73.3 Å². The van der Waals surface area contributed by atoms with Crippen molar-refractivity contribution in [2.24, 2.45) is 11.7 Å². The molecule has 3 heteroatoms. The molecular weight excluding hydrogens is 160 g/mol. The summed E-state index contributed by atoms with van der Waals surface area (Å²) in [5, 5.41) is 0. The molecule has 1 aromatic rings. The SMILES string of the molecule is C=Cc1ccccc1.Cl.NN. The molecule has 0 amide bonds. The quantitative estimate of drug-likeness (QED) is 0.499. The molecule has 0 aromatic heterocycles. The molecule has 0 unspecified atom stereocenters. The molecular formula is C8H13ClN2. The summed E-state index contributed by atoms with van der Waals surface area (Å²) >= 11 is 0. The van der Waals surface area contributed by atoms with Gasteiger partial charge < -0.3 is 0 Å². The van der Waals surface area contributed by atoms with Crippen LogP contribution in [0, 0.1) is 0 Å². The molecule has 0 saturated carbocycles. The third-order valence-electron chi connectivity index (χ3n) is 1.04. The van der Waals surface area contributed by atoms with Crippen molar-refractivity contribution >= 4 is 18.5 Å². The number of hydrogen-bond donors (Lipinski definition) is 2. The van der Waals surface area contributed by atoms with Crippen LogP contribution in [-0.2, 0) is 0 Å².